The standard InChI is InChI=1S/C14H24O3/c1-17-14(16)10-5-3-2-4-7-12-8-6-9-13(12)11-15/h11-13H,2-10H2,1H3/t12?,13-/m1/s1. The molecular weight excluding hydrogens is 216 g/mol. The van der Waals surface area contributed by atoms with Gasteiger partial charge in [-0.1, -0.05) is 25.7 Å². The second kappa shape index (κ2) is 8.26. The summed E-state index contributed by atoms with van der Waals surface area (Å²) in [4.78, 5) is 21.7. The van der Waals surface area contributed by atoms with Crippen LogP contribution in [0.4, 0.5) is 0 Å². The summed E-state index contributed by atoms with van der Waals surface area (Å²) in [6, 6.07) is 0. The lowest BCUT2D eigenvalue weighted by Gasteiger charge is -2.13. The van der Waals surface area contributed by atoms with Gasteiger partial charge < -0.3 is 9.53 Å². The number of rotatable bonds is 8. The average Bonchev–Trinajstić information content (AvgIpc) is 2.80. The van der Waals surface area contributed by atoms with E-state index in [0.29, 0.717) is 18.3 Å². The predicted molar refractivity (Wildman–Crippen MR) is 66.6 cm³/mol. The molecule has 3 nitrogen and oxygen atoms in total. The maximum atomic E-state index is 10.9. The van der Waals surface area contributed by atoms with E-state index in [1.807, 2.05) is 0 Å². The molecule has 1 fully saturated rings. The molecule has 1 aliphatic rings. The molecule has 1 aliphatic carbocycles. The quantitative estimate of drug-likeness (QED) is 0.372. The molecule has 1 saturated carbocycles. The number of carbonyl (C=O) groups is 2. The van der Waals surface area contributed by atoms with Crippen molar-refractivity contribution in [2.75, 3.05) is 7.11 Å². The maximum absolute atomic E-state index is 10.9. The third kappa shape index (κ3) is 5.33. The molecule has 0 N–H and O–H groups in total. The van der Waals surface area contributed by atoms with E-state index < -0.39 is 0 Å². The molecule has 0 spiro atoms. The van der Waals surface area contributed by atoms with Crippen LogP contribution in [0.2, 0.25) is 0 Å². The van der Waals surface area contributed by atoms with Crippen LogP contribution in [-0.4, -0.2) is 19.4 Å². The minimum absolute atomic E-state index is 0.109. The van der Waals surface area contributed by atoms with Gasteiger partial charge in [-0.3, -0.25) is 4.79 Å². The first-order chi connectivity index (χ1) is 8.27. The van der Waals surface area contributed by atoms with Crippen molar-refractivity contribution in [2.24, 2.45) is 11.8 Å². The third-order valence-corrected chi connectivity index (χ3v) is 3.83. The topological polar surface area (TPSA) is 43.4 Å². The summed E-state index contributed by atoms with van der Waals surface area (Å²) in [5.74, 6) is 0.847. The minimum atomic E-state index is -0.109. The first-order valence-electron chi connectivity index (χ1n) is 6.80. The minimum Gasteiger partial charge on any atom is -0.469 e. The van der Waals surface area contributed by atoms with Crippen molar-refractivity contribution in [1.82, 2.24) is 0 Å². The number of carbonyl (C=O) groups excluding carboxylic acids is 2. The molecule has 1 rings (SSSR count). The molecule has 0 aliphatic heterocycles. The zero-order chi connectivity index (χ0) is 12.5. The molecule has 17 heavy (non-hydrogen) atoms. The first-order valence-corrected chi connectivity index (χ1v) is 6.80. The molecule has 1 unspecified atom stereocenters. The Balaban J connectivity index is 1.97. The third-order valence-electron chi connectivity index (χ3n) is 3.83. The molecule has 0 heterocycles. The number of methoxy groups -OCH3 is 1. The van der Waals surface area contributed by atoms with Gasteiger partial charge in [0.1, 0.15) is 6.29 Å². The van der Waals surface area contributed by atoms with Crippen molar-refractivity contribution in [1.29, 1.82) is 0 Å². The lowest BCUT2D eigenvalue weighted by molar-refractivity contribution is -0.140. The Morgan fingerprint density at radius 1 is 1.24 bits per heavy atom. The molecule has 0 aromatic carbocycles. The fourth-order valence-electron chi connectivity index (χ4n) is 2.73. The normalized spacial score (nSPS) is 23.6. The SMILES string of the molecule is COC(=O)CCCCCCC1CCC[C@@H]1C=O. The van der Waals surface area contributed by atoms with Crippen LogP contribution in [0, 0.1) is 11.8 Å². The van der Waals surface area contributed by atoms with Crippen LogP contribution in [0.5, 0.6) is 0 Å². The molecule has 0 saturated heterocycles. The number of esters is 1. The number of hydrogen-bond acceptors (Lipinski definition) is 3. The highest BCUT2D eigenvalue weighted by Gasteiger charge is 2.25. The van der Waals surface area contributed by atoms with Gasteiger partial charge in [-0.25, -0.2) is 0 Å². The van der Waals surface area contributed by atoms with Gasteiger partial charge in [-0.05, 0) is 31.6 Å². The van der Waals surface area contributed by atoms with Crippen LogP contribution in [0.15, 0.2) is 0 Å². The first kappa shape index (κ1) is 14.2. The van der Waals surface area contributed by atoms with Crippen molar-refractivity contribution >= 4 is 12.3 Å². The summed E-state index contributed by atoms with van der Waals surface area (Å²) in [7, 11) is 1.43. The van der Waals surface area contributed by atoms with E-state index in [4.69, 9.17) is 0 Å². The van der Waals surface area contributed by atoms with Crippen LogP contribution in [0.25, 0.3) is 0 Å². The number of unbranched alkanes of at least 4 members (excludes halogenated alkanes) is 3. The molecule has 2 atom stereocenters. The van der Waals surface area contributed by atoms with Crippen LogP contribution in [0.3, 0.4) is 0 Å². The molecular formula is C14H24O3. The van der Waals surface area contributed by atoms with Crippen LogP contribution in [0.1, 0.15) is 57.8 Å². The Kier molecular flexibility index (Phi) is 6.90. The predicted octanol–water partition coefficient (Wildman–Crippen LogP) is 3.12. The largest absolute Gasteiger partial charge is 0.469 e. The molecule has 0 bridgehead atoms. The summed E-state index contributed by atoms with van der Waals surface area (Å²) < 4.78 is 4.59. The maximum Gasteiger partial charge on any atom is 0.305 e. The summed E-state index contributed by atoms with van der Waals surface area (Å²) >= 11 is 0. The number of aldehydes is 1. The Labute approximate surface area is 104 Å². The lowest BCUT2D eigenvalue weighted by Crippen LogP contribution is -2.08. The molecule has 0 amide bonds. The smallest absolute Gasteiger partial charge is 0.305 e. The van der Waals surface area contributed by atoms with E-state index in [0.717, 1.165) is 25.5 Å². The van der Waals surface area contributed by atoms with Crippen molar-refractivity contribution in [3.05, 3.63) is 0 Å². The van der Waals surface area contributed by atoms with Crippen molar-refractivity contribution < 1.29 is 14.3 Å². The van der Waals surface area contributed by atoms with Gasteiger partial charge in [0.05, 0.1) is 7.11 Å². The summed E-state index contributed by atoms with van der Waals surface area (Å²) in [5, 5.41) is 0. The second-order valence-electron chi connectivity index (χ2n) is 5.02. The lowest BCUT2D eigenvalue weighted by atomic mass is 9.91. The van der Waals surface area contributed by atoms with Gasteiger partial charge in [-0.15, -0.1) is 0 Å². The number of hydrogen-bond donors (Lipinski definition) is 0. The highest BCUT2D eigenvalue weighted by Crippen LogP contribution is 2.33. The van der Waals surface area contributed by atoms with Gasteiger partial charge >= 0.3 is 5.97 Å². The fraction of sp³-hybridized carbons (Fsp3) is 0.857. The van der Waals surface area contributed by atoms with E-state index in [1.54, 1.807) is 0 Å². The molecule has 0 aromatic heterocycles. The average molecular weight is 240 g/mol. The molecule has 3 heteroatoms. The van der Waals surface area contributed by atoms with Gasteiger partial charge in [0.25, 0.3) is 0 Å². The Hall–Kier alpha value is -0.860. The van der Waals surface area contributed by atoms with E-state index in [1.165, 1.54) is 39.2 Å². The van der Waals surface area contributed by atoms with Gasteiger partial charge in [0.15, 0.2) is 0 Å². The highest BCUT2D eigenvalue weighted by atomic mass is 16.5. The molecule has 98 valence electrons. The van der Waals surface area contributed by atoms with Crippen molar-refractivity contribution in [3.8, 4) is 0 Å². The van der Waals surface area contributed by atoms with E-state index in [-0.39, 0.29) is 5.97 Å². The Morgan fingerprint density at radius 3 is 2.71 bits per heavy atom. The summed E-state index contributed by atoms with van der Waals surface area (Å²) in [5.41, 5.74) is 0. The molecule has 0 aromatic rings. The van der Waals surface area contributed by atoms with Gasteiger partial charge in [0.2, 0.25) is 0 Å². The van der Waals surface area contributed by atoms with Crippen molar-refractivity contribution in [2.45, 2.75) is 57.8 Å². The van der Waals surface area contributed by atoms with Gasteiger partial charge in [-0.2, -0.15) is 0 Å². The zero-order valence-corrected chi connectivity index (χ0v) is 10.8. The summed E-state index contributed by atoms with van der Waals surface area (Å²) in [6.45, 7) is 0. The number of ether oxygens (including phenoxy) is 1. The second-order valence-corrected chi connectivity index (χ2v) is 5.02. The van der Waals surface area contributed by atoms with E-state index in [9.17, 15) is 9.59 Å². The monoisotopic (exact) mass is 240 g/mol. The van der Waals surface area contributed by atoms with Crippen LogP contribution < -0.4 is 0 Å². The van der Waals surface area contributed by atoms with Crippen LogP contribution in [-0.2, 0) is 14.3 Å². The fourth-order valence-corrected chi connectivity index (χ4v) is 2.73. The highest BCUT2D eigenvalue weighted by molar-refractivity contribution is 5.68. The Bertz CT molecular complexity index is 238. The van der Waals surface area contributed by atoms with Gasteiger partial charge in [0, 0.05) is 12.3 Å². The Morgan fingerprint density at radius 2 is 2.00 bits per heavy atom. The summed E-state index contributed by atoms with van der Waals surface area (Å²) in [6.07, 6.45) is 10.8. The van der Waals surface area contributed by atoms with E-state index >= 15 is 0 Å². The van der Waals surface area contributed by atoms with Crippen molar-refractivity contribution in [3.63, 3.8) is 0 Å². The van der Waals surface area contributed by atoms with Crippen LogP contribution >= 0.6 is 0 Å². The zero-order valence-electron chi connectivity index (χ0n) is 10.8. The van der Waals surface area contributed by atoms with E-state index in [2.05, 4.69) is 4.74 Å². The molecule has 0 radical (unpaired) electrons.